The molecule has 1 unspecified atom stereocenters. The molecule has 0 aliphatic rings. The van der Waals surface area contributed by atoms with Gasteiger partial charge >= 0.3 is 5.97 Å². The Morgan fingerprint density at radius 1 is 1.20 bits per heavy atom. The van der Waals surface area contributed by atoms with Crippen molar-refractivity contribution in [3.05, 3.63) is 76.9 Å². The Kier molecular flexibility index (Phi) is 6.42. The van der Waals surface area contributed by atoms with Crippen molar-refractivity contribution in [3.8, 4) is 0 Å². The summed E-state index contributed by atoms with van der Waals surface area (Å²) in [5.74, 6) is -1.86. The first kappa shape index (κ1) is 18.8. The van der Waals surface area contributed by atoms with Crippen molar-refractivity contribution in [1.29, 1.82) is 0 Å². The Morgan fingerprint density at radius 2 is 1.88 bits per heavy atom. The Balaban J connectivity index is 2.44. The van der Waals surface area contributed by atoms with Gasteiger partial charge in [0.15, 0.2) is 0 Å². The highest BCUT2D eigenvalue weighted by Gasteiger charge is 2.15. The standard InChI is InChI=1S/C20H21F2NO2/c1-3-13-4-6-14(7-5-13)16(10-11-19(23)20(24)25-2)17-9-8-15(21)12-18(17)22/h4-10,12,19H,3,11,23H2,1-2H3/b16-10+. The zero-order valence-corrected chi connectivity index (χ0v) is 14.3. The first-order valence-corrected chi connectivity index (χ1v) is 8.04. The van der Waals surface area contributed by atoms with Crippen LogP contribution < -0.4 is 5.73 Å². The normalized spacial score (nSPS) is 12.8. The van der Waals surface area contributed by atoms with E-state index in [0.29, 0.717) is 5.57 Å². The van der Waals surface area contributed by atoms with Crippen LogP contribution in [0.5, 0.6) is 0 Å². The number of nitrogens with two attached hydrogens (primary N) is 1. The largest absolute Gasteiger partial charge is 0.468 e. The molecule has 25 heavy (non-hydrogen) atoms. The molecule has 3 nitrogen and oxygen atoms in total. The van der Waals surface area contributed by atoms with Crippen LogP contribution in [0.1, 0.15) is 30.0 Å². The maximum atomic E-state index is 14.3. The zero-order valence-electron chi connectivity index (χ0n) is 14.3. The van der Waals surface area contributed by atoms with Gasteiger partial charge in [0, 0.05) is 11.6 Å². The van der Waals surface area contributed by atoms with Crippen LogP contribution >= 0.6 is 0 Å². The molecule has 0 saturated carbocycles. The summed E-state index contributed by atoms with van der Waals surface area (Å²) < 4.78 is 32.1. The van der Waals surface area contributed by atoms with Crippen molar-refractivity contribution in [2.75, 3.05) is 7.11 Å². The van der Waals surface area contributed by atoms with E-state index in [-0.39, 0.29) is 12.0 Å². The molecule has 2 aromatic rings. The number of halogens is 2. The summed E-state index contributed by atoms with van der Waals surface area (Å²) in [6.45, 7) is 2.04. The van der Waals surface area contributed by atoms with Crippen LogP contribution in [0.3, 0.4) is 0 Å². The lowest BCUT2D eigenvalue weighted by atomic mass is 9.94. The van der Waals surface area contributed by atoms with Crippen molar-refractivity contribution in [3.63, 3.8) is 0 Å². The maximum Gasteiger partial charge on any atom is 0.322 e. The second kappa shape index (κ2) is 8.53. The average molecular weight is 345 g/mol. The van der Waals surface area contributed by atoms with Gasteiger partial charge in [0.05, 0.1) is 7.11 Å². The highest BCUT2D eigenvalue weighted by molar-refractivity contribution is 5.81. The summed E-state index contributed by atoms with van der Waals surface area (Å²) in [4.78, 5) is 11.5. The van der Waals surface area contributed by atoms with E-state index in [1.165, 1.54) is 19.2 Å². The van der Waals surface area contributed by atoms with E-state index >= 15 is 0 Å². The number of esters is 1. The number of hydrogen-bond donors (Lipinski definition) is 1. The van der Waals surface area contributed by atoms with E-state index in [4.69, 9.17) is 5.73 Å². The van der Waals surface area contributed by atoms with Crippen LogP contribution in [-0.2, 0) is 16.0 Å². The minimum atomic E-state index is -0.849. The summed E-state index contributed by atoms with van der Waals surface area (Å²) in [7, 11) is 1.26. The van der Waals surface area contributed by atoms with Gasteiger partial charge in [0.1, 0.15) is 17.7 Å². The molecule has 2 N–H and O–H groups in total. The van der Waals surface area contributed by atoms with Gasteiger partial charge in [0.25, 0.3) is 0 Å². The fourth-order valence-corrected chi connectivity index (χ4v) is 2.50. The van der Waals surface area contributed by atoms with Crippen LogP contribution in [0.25, 0.3) is 5.57 Å². The predicted octanol–water partition coefficient (Wildman–Crippen LogP) is 3.85. The molecule has 0 fully saturated rings. The molecule has 0 amide bonds. The van der Waals surface area contributed by atoms with Gasteiger partial charge in [-0.05, 0) is 41.7 Å². The van der Waals surface area contributed by atoms with Crippen molar-refractivity contribution in [2.45, 2.75) is 25.8 Å². The predicted molar refractivity (Wildman–Crippen MR) is 93.9 cm³/mol. The number of carbonyl (C=O) groups is 1. The van der Waals surface area contributed by atoms with E-state index < -0.39 is 23.6 Å². The number of aryl methyl sites for hydroxylation is 1. The zero-order chi connectivity index (χ0) is 18.4. The SMILES string of the molecule is CCc1ccc(/C(=C\CC(N)C(=O)OC)c2ccc(F)cc2F)cc1. The summed E-state index contributed by atoms with van der Waals surface area (Å²) in [6.07, 6.45) is 2.74. The number of methoxy groups -OCH3 is 1. The van der Waals surface area contributed by atoms with Gasteiger partial charge in [-0.15, -0.1) is 0 Å². The summed E-state index contributed by atoms with van der Waals surface area (Å²) in [6, 6.07) is 10.2. The molecular weight excluding hydrogens is 324 g/mol. The van der Waals surface area contributed by atoms with Gasteiger partial charge in [-0.1, -0.05) is 37.3 Å². The van der Waals surface area contributed by atoms with Crippen LogP contribution in [0.15, 0.2) is 48.5 Å². The molecule has 0 bridgehead atoms. The monoisotopic (exact) mass is 345 g/mol. The Bertz CT molecular complexity index is 770. The fourth-order valence-electron chi connectivity index (χ4n) is 2.50. The quantitative estimate of drug-likeness (QED) is 0.809. The molecule has 132 valence electrons. The van der Waals surface area contributed by atoms with E-state index in [9.17, 15) is 13.6 Å². The Labute approximate surface area is 146 Å². The topological polar surface area (TPSA) is 52.3 Å². The van der Waals surface area contributed by atoms with E-state index in [2.05, 4.69) is 4.74 Å². The molecule has 0 aliphatic heterocycles. The van der Waals surface area contributed by atoms with Crippen molar-refractivity contribution < 1.29 is 18.3 Å². The highest BCUT2D eigenvalue weighted by atomic mass is 19.1. The van der Waals surface area contributed by atoms with Crippen LogP contribution in [-0.4, -0.2) is 19.1 Å². The first-order chi connectivity index (χ1) is 12.0. The lowest BCUT2D eigenvalue weighted by Gasteiger charge is -2.13. The lowest BCUT2D eigenvalue weighted by molar-refractivity contribution is -0.142. The third-order valence-corrected chi connectivity index (χ3v) is 3.97. The van der Waals surface area contributed by atoms with Crippen LogP contribution in [0.2, 0.25) is 0 Å². The molecule has 1 atom stereocenters. The lowest BCUT2D eigenvalue weighted by Crippen LogP contribution is -2.30. The Hall–Kier alpha value is -2.53. The number of rotatable bonds is 6. The van der Waals surface area contributed by atoms with Gasteiger partial charge < -0.3 is 10.5 Å². The van der Waals surface area contributed by atoms with Crippen LogP contribution in [0, 0.1) is 11.6 Å². The average Bonchev–Trinajstić information content (AvgIpc) is 2.62. The highest BCUT2D eigenvalue weighted by Crippen LogP contribution is 2.27. The summed E-state index contributed by atoms with van der Waals surface area (Å²) >= 11 is 0. The fraction of sp³-hybridized carbons (Fsp3) is 0.250. The number of ether oxygens (including phenoxy) is 1. The molecule has 0 heterocycles. The second-order valence-corrected chi connectivity index (χ2v) is 5.66. The molecule has 0 radical (unpaired) electrons. The van der Waals surface area contributed by atoms with Crippen molar-refractivity contribution in [2.24, 2.45) is 5.73 Å². The molecular formula is C20H21F2NO2. The third kappa shape index (κ3) is 4.73. The minimum Gasteiger partial charge on any atom is -0.468 e. The van der Waals surface area contributed by atoms with Crippen LogP contribution in [0.4, 0.5) is 8.78 Å². The summed E-state index contributed by atoms with van der Waals surface area (Å²) in [5.41, 5.74) is 8.49. The van der Waals surface area contributed by atoms with Crippen molar-refractivity contribution in [1.82, 2.24) is 0 Å². The third-order valence-electron chi connectivity index (χ3n) is 3.97. The molecule has 5 heteroatoms. The van der Waals surface area contributed by atoms with E-state index in [0.717, 1.165) is 23.6 Å². The summed E-state index contributed by atoms with van der Waals surface area (Å²) in [5, 5.41) is 0. The van der Waals surface area contributed by atoms with Gasteiger partial charge in [-0.25, -0.2) is 8.78 Å². The molecule has 0 saturated heterocycles. The van der Waals surface area contributed by atoms with E-state index in [1.54, 1.807) is 6.08 Å². The second-order valence-electron chi connectivity index (χ2n) is 5.66. The molecule has 0 spiro atoms. The van der Waals surface area contributed by atoms with E-state index in [1.807, 2.05) is 31.2 Å². The van der Waals surface area contributed by atoms with Crippen molar-refractivity contribution >= 4 is 11.5 Å². The molecule has 0 aliphatic carbocycles. The van der Waals surface area contributed by atoms with Gasteiger partial charge in [-0.3, -0.25) is 4.79 Å². The molecule has 0 aromatic heterocycles. The van der Waals surface area contributed by atoms with Gasteiger partial charge in [-0.2, -0.15) is 0 Å². The minimum absolute atomic E-state index is 0.175. The number of hydrogen-bond acceptors (Lipinski definition) is 3. The number of carbonyl (C=O) groups excluding carboxylic acids is 1. The first-order valence-electron chi connectivity index (χ1n) is 8.04. The van der Waals surface area contributed by atoms with Gasteiger partial charge in [0.2, 0.25) is 0 Å². The molecule has 2 aromatic carbocycles. The Morgan fingerprint density at radius 3 is 2.44 bits per heavy atom. The molecule has 2 rings (SSSR count). The maximum absolute atomic E-state index is 14.3. The smallest absolute Gasteiger partial charge is 0.322 e. The number of benzene rings is 2.